The molecule has 3 rings (SSSR count). The quantitative estimate of drug-likeness (QED) is 0.399. The number of carbonyl (C=O) groups is 2. The zero-order valence-corrected chi connectivity index (χ0v) is 19.0. The van der Waals surface area contributed by atoms with Crippen molar-refractivity contribution < 1.29 is 9.59 Å². The third kappa shape index (κ3) is 4.60. The Morgan fingerprint density at radius 1 is 1.09 bits per heavy atom. The molecule has 2 aromatic heterocycles. The van der Waals surface area contributed by atoms with E-state index in [0.29, 0.717) is 12.8 Å². The van der Waals surface area contributed by atoms with Crippen molar-refractivity contribution in [2.24, 2.45) is 5.73 Å². The molecule has 0 saturated carbocycles. The van der Waals surface area contributed by atoms with Crippen molar-refractivity contribution in [3.05, 3.63) is 61.2 Å². The highest BCUT2D eigenvalue weighted by Crippen LogP contribution is 2.19. The molecule has 0 spiro atoms. The van der Waals surface area contributed by atoms with E-state index in [2.05, 4.69) is 10.1 Å². The second-order valence-corrected chi connectivity index (χ2v) is 7.76. The standard InChI is InChI=1S/C22H27N7O5/c1-3-5-11-28-18(23)17(20(32)25-22(28)34)27(10-4-2)15(30)12-29-21(33)14-9-7-6-8-13(14)16(26-29)19(24)31/h6-9H,3-5,10-12,23H2,1-2H3,(H2,24,31)(H,25,32,34). The number of rotatable bonds is 9. The van der Waals surface area contributed by atoms with Gasteiger partial charge in [-0.15, -0.1) is 0 Å². The Hall–Kier alpha value is -4.22. The topological polar surface area (TPSA) is 179 Å². The number of nitrogen functional groups attached to an aromatic ring is 1. The van der Waals surface area contributed by atoms with E-state index < -0.39 is 35.2 Å². The highest BCUT2D eigenvalue weighted by Gasteiger charge is 2.25. The molecule has 5 N–H and O–H groups in total. The molecule has 3 aromatic rings. The van der Waals surface area contributed by atoms with Crippen molar-refractivity contribution in [2.75, 3.05) is 17.2 Å². The summed E-state index contributed by atoms with van der Waals surface area (Å²) in [6.07, 6.45) is 1.89. The third-order valence-electron chi connectivity index (χ3n) is 5.35. The molecule has 2 heterocycles. The summed E-state index contributed by atoms with van der Waals surface area (Å²) >= 11 is 0. The van der Waals surface area contributed by atoms with Crippen molar-refractivity contribution in [3.8, 4) is 0 Å². The van der Waals surface area contributed by atoms with Gasteiger partial charge in [0.05, 0.1) is 5.39 Å². The number of aromatic nitrogens is 4. The first kappa shape index (κ1) is 24.4. The Morgan fingerprint density at radius 3 is 2.38 bits per heavy atom. The maximum atomic E-state index is 13.3. The van der Waals surface area contributed by atoms with Crippen LogP contribution in [-0.2, 0) is 17.9 Å². The monoisotopic (exact) mass is 469 g/mol. The minimum atomic E-state index is -0.855. The van der Waals surface area contributed by atoms with E-state index >= 15 is 0 Å². The number of nitrogens with zero attached hydrogens (tertiary/aromatic N) is 4. The van der Waals surface area contributed by atoms with Crippen molar-refractivity contribution >= 4 is 34.1 Å². The largest absolute Gasteiger partial charge is 0.383 e. The highest BCUT2D eigenvalue weighted by molar-refractivity contribution is 6.04. The number of primary amides is 1. The highest BCUT2D eigenvalue weighted by atomic mass is 16.2. The summed E-state index contributed by atoms with van der Waals surface area (Å²) in [5, 5.41) is 4.45. The molecule has 12 nitrogen and oxygen atoms in total. The van der Waals surface area contributed by atoms with Crippen LogP contribution in [0, 0.1) is 0 Å². The van der Waals surface area contributed by atoms with Gasteiger partial charge < -0.3 is 16.4 Å². The summed E-state index contributed by atoms with van der Waals surface area (Å²) in [7, 11) is 0. The summed E-state index contributed by atoms with van der Waals surface area (Å²) in [6.45, 7) is 3.53. The lowest BCUT2D eigenvalue weighted by atomic mass is 10.1. The van der Waals surface area contributed by atoms with Gasteiger partial charge in [0.25, 0.3) is 17.0 Å². The maximum absolute atomic E-state index is 13.3. The van der Waals surface area contributed by atoms with Gasteiger partial charge in [-0.1, -0.05) is 38.5 Å². The van der Waals surface area contributed by atoms with Crippen molar-refractivity contribution in [1.29, 1.82) is 0 Å². The lowest BCUT2D eigenvalue weighted by Gasteiger charge is -2.24. The van der Waals surface area contributed by atoms with Crippen LogP contribution in [-0.4, -0.2) is 37.7 Å². The van der Waals surface area contributed by atoms with Crippen molar-refractivity contribution in [1.82, 2.24) is 19.3 Å². The predicted molar refractivity (Wildman–Crippen MR) is 128 cm³/mol. The van der Waals surface area contributed by atoms with E-state index in [1.54, 1.807) is 25.1 Å². The SMILES string of the molecule is CCCCn1c(N)c(N(CCC)C(=O)Cn2nc(C(N)=O)c3ccccc3c2=O)c(=O)[nH]c1=O. The number of aromatic amines is 1. The van der Waals surface area contributed by atoms with E-state index in [-0.39, 0.29) is 41.1 Å². The van der Waals surface area contributed by atoms with Crippen molar-refractivity contribution in [3.63, 3.8) is 0 Å². The van der Waals surface area contributed by atoms with Gasteiger partial charge >= 0.3 is 5.69 Å². The van der Waals surface area contributed by atoms with Crippen LogP contribution >= 0.6 is 0 Å². The number of unbranched alkanes of at least 4 members (excludes halogenated alkanes) is 1. The molecular weight excluding hydrogens is 442 g/mol. The lowest BCUT2D eigenvalue weighted by Crippen LogP contribution is -2.44. The Balaban J connectivity index is 2.10. The molecule has 2 amide bonds. The lowest BCUT2D eigenvalue weighted by molar-refractivity contribution is -0.119. The zero-order valence-electron chi connectivity index (χ0n) is 19.0. The summed E-state index contributed by atoms with van der Waals surface area (Å²) < 4.78 is 2.05. The van der Waals surface area contributed by atoms with E-state index in [4.69, 9.17) is 11.5 Å². The molecule has 1 aromatic carbocycles. The molecule has 0 bridgehead atoms. The average Bonchev–Trinajstić information content (AvgIpc) is 2.79. The number of nitrogens with two attached hydrogens (primary N) is 2. The van der Waals surface area contributed by atoms with E-state index in [1.807, 2.05) is 6.92 Å². The molecule has 0 unspecified atom stereocenters. The second kappa shape index (κ2) is 10.1. The van der Waals surface area contributed by atoms with Crippen LogP contribution in [0.25, 0.3) is 10.8 Å². The van der Waals surface area contributed by atoms with Gasteiger partial charge in [0.1, 0.15) is 12.4 Å². The van der Waals surface area contributed by atoms with Crippen LogP contribution < -0.4 is 33.2 Å². The van der Waals surface area contributed by atoms with Gasteiger partial charge in [0, 0.05) is 18.5 Å². The Kier molecular flexibility index (Phi) is 7.29. The first-order chi connectivity index (χ1) is 16.2. The summed E-state index contributed by atoms with van der Waals surface area (Å²) in [5.41, 5.74) is 9.19. The number of fused-ring (bicyclic) bond motifs is 1. The van der Waals surface area contributed by atoms with Crippen LogP contribution in [0.15, 0.2) is 38.6 Å². The molecule has 0 aliphatic rings. The van der Waals surface area contributed by atoms with Gasteiger partial charge in [-0.2, -0.15) is 5.10 Å². The predicted octanol–water partition coefficient (Wildman–Crippen LogP) is 0.171. The summed E-state index contributed by atoms with van der Waals surface area (Å²) in [4.78, 5) is 66.4. The molecule has 180 valence electrons. The van der Waals surface area contributed by atoms with Crippen LogP contribution in [0.1, 0.15) is 43.6 Å². The summed E-state index contributed by atoms with van der Waals surface area (Å²) in [5.74, 6) is -1.66. The van der Waals surface area contributed by atoms with Gasteiger partial charge in [-0.05, 0) is 18.9 Å². The number of amides is 2. The van der Waals surface area contributed by atoms with E-state index in [0.717, 1.165) is 16.0 Å². The number of hydrogen-bond donors (Lipinski definition) is 3. The van der Waals surface area contributed by atoms with Gasteiger partial charge in [0.2, 0.25) is 5.91 Å². The van der Waals surface area contributed by atoms with Crippen LogP contribution in [0.3, 0.4) is 0 Å². The molecule has 0 atom stereocenters. The Labute approximate surface area is 193 Å². The number of hydrogen-bond acceptors (Lipinski definition) is 7. The number of nitrogens with one attached hydrogen (secondary N) is 1. The smallest absolute Gasteiger partial charge is 0.330 e. The third-order valence-corrected chi connectivity index (χ3v) is 5.35. The minimum Gasteiger partial charge on any atom is -0.383 e. The van der Waals surface area contributed by atoms with E-state index in [1.165, 1.54) is 10.6 Å². The number of carbonyl (C=O) groups excluding carboxylic acids is 2. The van der Waals surface area contributed by atoms with Crippen molar-refractivity contribution in [2.45, 2.75) is 46.2 Å². The van der Waals surface area contributed by atoms with Crippen LogP contribution in [0.5, 0.6) is 0 Å². The van der Waals surface area contributed by atoms with E-state index in [9.17, 15) is 24.0 Å². The van der Waals surface area contributed by atoms with Crippen LogP contribution in [0.2, 0.25) is 0 Å². The molecule has 0 aliphatic carbocycles. The minimum absolute atomic E-state index is 0.100. The van der Waals surface area contributed by atoms with Crippen LogP contribution in [0.4, 0.5) is 11.5 Å². The maximum Gasteiger partial charge on any atom is 0.330 e. The number of H-pyrrole nitrogens is 1. The Morgan fingerprint density at radius 2 is 1.76 bits per heavy atom. The molecule has 12 heteroatoms. The molecule has 0 fully saturated rings. The fourth-order valence-electron chi connectivity index (χ4n) is 3.70. The number of anilines is 2. The molecular formula is C22H27N7O5. The first-order valence-corrected chi connectivity index (χ1v) is 10.9. The molecule has 0 saturated heterocycles. The second-order valence-electron chi connectivity index (χ2n) is 7.76. The molecule has 0 radical (unpaired) electrons. The Bertz CT molecular complexity index is 1420. The van der Waals surface area contributed by atoms with Gasteiger partial charge in [-0.25, -0.2) is 9.48 Å². The fraction of sp³-hybridized carbons (Fsp3) is 0.364. The van der Waals surface area contributed by atoms with Gasteiger partial charge in [0.15, 0.2) is 11.4 Å². The molecule has 0 aliphatic heterocycles. The summed E-state index contributed by atoms with van der Waals surface area (Å²) in [6, 6.07) is 6.29. The zero-order chi connectivity index (χ0) is 25.0. The first-order valence-electron chi connectivity index (χ1n) is 10.9. The average molecular weight is 470 g/mol. The van der Waals surface area contributed by atoms with Gasteiger partial charge in [-0.3, -0.25) is 28.7 Å². The molecule has 34 heavy (non-hydrogen) atoms. The fourth-order valence-corrected chi connectivity index (χ4v) is 3.70. The number of benzene rings is 1. The normalized spacial score (nSPS) is 11.0.